The third kappa shape index (κ3) is 2.07. The molecule has 0 N–H and O–H groups in total. The van der Waals surface area contributed by atoms with Gasteiger partial charge in [-0.15, -0.1) is 11.3 Å². The first-order chi connectivity index (χ1) is 11.7. The molecular weight excluding hydrogens is 322 g/mol. The van der Waals surface area contributed by atoms with E-state index in [1.165, 1.54) is 11.3 Å². The Morgan fingerprint density at radius 1 is 1.21 bits per heavy atom. The predicted octanol–water partition coefficient (Wildman–Crippen LogP) is 3.48. The lowest BCUT2D eigenvalue weighted by Gasteiger charge is -2.06. The average Bonchev–Trinajstić information content (AvgIpc) is 3.02. The van der Waals surface area contributed by atoms with Crippen molar-refractivity contribution in [1.82, 2.24) is 9.55 Å². The van der Waals surface area contributed by atoms with Crippen LogP contribution in [-0.2, 0) is 0 Å². The molecule has 3 aromatic heterocycles. The van der Waals surface area contributed by atoms with Crippen LogP contribution >= 0.6 is 11.3 Å². The highest BCUT2D eigenvalue weighted by atomic mass is 32.1. The molecule has 0 amide bonds. The minimum Gasteiger partial charge on any atom is -0.496 e. The van der Waals surface area contributed by atoms with Crippen LogP contribution < -0.4 is 10.3 Å². The van der Waals surface area contributed by atoms with Gasteiger partial charge in [-0.25, -0.2) is 4.98 Å². The number of rotatable bonds is 2. The van der Waals surface area contributed by atoms with Crippen molar-refractivity contribution in [2.75, 3.05) is 7.11 Å². The number of aromatic nitrogens is 2. The summed E-state index contributed by atoms with van der Waals surface area (Å²) < 4.78 is 7.61. The van der Waals surface area contributed by atoms with Crippen molar-refractivity contribution in [3.63, 3.8) is 0 Å². The summed E-state index contributed by atoms with van der Waals surface area (Å²) in [6.07, 6.45) is 3.42. The summed E-state index contributed by atoms with van der Waals surface area (Å²) in [5.74, 6) is 0.710. The summed E-state index contributed by atoms with van der Waals surface area (Å²) in [4.78, 5) is 18.0. The second-order valence-electron chi connectivity index (χ2n) is 5.19. The Hall–Kier alpha value is -3.17. The van der Waals surface area contributed by atoms with Gasteiger partial charge in [-0.05, 0) is 36.4 Å². The number of ether oxygens (including phenoxy) is 1. The van der Waals surface area contributed by atoms with Crippen molar-refractivity contribution in [2.45, 2.75) is 0 Å². The molecule has 4 aromatic rings. The van der Waals surface area contributed by atoms with Crippen LogP contribution in [0.25, 0.3) is 26.0 Å². The summed E-state index contributed by atoms with van der Waals surface area (Å²) in [5.41, 5.74) is 1.17. The third-order valence-corrected chi connectivity index (χ3v) is 4.99. The Kier molecular flexibility index (Phi) is 3.29. The molecule has 0 radical (unpaired) electrons. The zero-order valence-electron chi connectivity index (χ0n) is 12.7. The van der Waals surface area contributed by atoms with Crippen LogP contribution in [0.2, 0.25) is 0 Å². The van der Waals surface area contributed by atoms with Gasteiger partial charge in [-0.3, -0.25) is 9.36 Å². The molecule has 0 saturated carbocycles. The van der Waals surface area contributed by atoms with Crippen LogP contribution in [0.1, 0.15) is 5.56 Å². The number of hydrogen-bond donors (Lipinski definition) is 0. The number of benzene rings is 1. The summed E-state index contributed by atoms with van der Waals surface area (Å²) >= 11 is 1.36. The minimum atomic E-state index is -0.109. The van der Waals surface area contributed by atoms with Crippen molar-refractivity contribution in [1.29, 1.82) is 5.26 Å². The molecule has 4 rings (SSSR count). The van der Waals surface area contributed by atoms with Crippen LogP contribution in [-0.4, -0.2) is 16.7 Å². The first-order valence-electron chi connectivity index (χ1n) is 7.20. The number of fused-ring (bicyclic) bond motifs is 3. The maximum atomic E-state index is 12.9. The maximum Gasteiger partial charge on any atom is 0.273 e. The number of hydrogen-bond acceptors (Lipinski definition) is 5. The highest BCUT2D eigenvalue weighted by Gasteiger charge is 2.15. The van der Waals surface area contributed by atoms with E-state index in [2.05, 4.69) is 11.1 Å². The average molecular weight is 333 g/mol. The minimum absolute atomic E-state index is 0.109. The molecule has 116 valence electrons. The van der Waals surface area contributed by atoms with Gasteiger partial charge >= 0.3 is 0 Å². The predicted molar refractivity (Wildman–Crippen MR) is 94.0 cm³/mol. The quantitative estimate of drug-likeness (QED) is 0.563. The SMILES string of the molecule is COc1ccnc2sc3c(=O)n(-c4ccc(C#N)cc4)ccc3c12. The monoisotopic (exact) mass is 333 g/mol. The van der Waals surface area contributed by atoms with Crippen LogP contribution in [0.5, 0.6) is 5.75 Å². The number of methoxy groups -OCH3 is 1. The van der Waals surface area contributed by atoms with Gasteiger partial charge in [-0.1, -0.05) is 0 Å². The van der Waals surface area contributed by atoms with Gasteiger partial charge in [0.2, 0.25) is 0 Å². The lowest BCUT2D eigenvalue weighted by molar-refractivity contribution is 0.420. The number of pyridine rings is 2. The van der Waals surface area contributed by atoms with Gasteiger partial charge in [0.1, 0.15) is 15.3 Å². The van der Waals surface area contributed by atoms with E-state index in [9.17, 15) is 4.79 Å². The van der Waals surface area contributed by atoms with E-state index >= 15 is 0 Å². The van der Waals surface area contributed by atoms with Crippen LogP contribution in [0, 0.1) is 11.3 Å². The molecule has 1 aromatic carbocycles. The van der Waals surface area contributed by atoms with Gasteiger partial charge in [0.05, 0.1) is 24.1 Å². The third-order valence-electron chi connectivity index (χ3n) is 3.89. The summed E-state index contributed by atoms with van der Waals surface area (Å²) in [5, 5.41) is 10.6. The largest absolute Gasteiger partial charge is 0.496 e. The zero-order valence-corrected chi connectivity index (χ0v) is 13.5. The zero-order chi connectivity index (χ0) is 16.7. The Morgan fingerprint density at radius 3 is 2.71 bits per heavy atom. The van der Waals surface area contributed by atoms with Crippen molar-refractivity contribution in [2.24, 2.45) is 0 Å². The molecule has 24 heavy (non-hydrogen) atoms. The molecule has 0 spiro atoms. The Balaban J connectivity index is 2.00. The standard InChI is InChI=1S/C18H11N3O2S/c1-23-14-6-8-20-17-15(14)13-7-9-21(18(22)16(13)24-17)12-4-2-11(10-19)3-5-12/h2-9H,1H3. The lowest BCUT2D eigenvalue weighted by Crippen LogP contribution is -2.16. The van der Waals surface area contributed by atoms with Crippen molar-refractivity contribution < 1.29 is 4.74 Å². The molecule has 0 aliphatic carbocycles. The Bertz CT molecular complexity index is 1170. The molecule has 6 heteroatoms. The van der Waals surface area contributed by atoms with Crippen LogP contribution in [0.3, 0.4) is 0 Å². The number of nitrogens with zero attached hydrogens (tertiary/aromatic N) is 3. The molecular formula is C18H11N3O2S. The summed E-state index contributed by atoms with van der Waals surface area (Å²) in [7, 11) is 1.61. The van der Waals surface area contributed by atoms with Gasteiger partial charge < -0.3 is 4.74 Å². The highest BCUT2D eigenvalue weighted by Crippen LogP contribution is 2.36. The van der Waals surface area contributed by atoms with Crippen molar-refractivity contribution in [3.05, 3.63) is 64.7 Å². The van der Waals surface area contributed by atoms with E-state index in [0.717, 1.165) is 21.3 Å². The number of nitriles is 1. The maximum absolute atomic E-state index is 12.9. The summed E-state index contributed by atoms with van der Waals surface area (Å²) in [6, 6.07) is 12.7. The van der Waals surface area contributed by atoms with E-state index in [-0.39, 0.29) is 5.56 Å². The fourth-order valence-corrected chi connectivity index (χ4v) is 3.82. The molecule has 0 saturated heterocycles. The highest BCUT2D eigenvalue weighted by molar-refractivity contribution is 7.25. The van der Waals surface area contributed by atoms with Crippen molar-refractivity contribution in [3.8, 4) is 17.5 Å². The molecule has 0 bridgehead atoms. The van der Waals surface area contributed by atoms with E-state index in [1.54, 1.807) is 54.4 Å². The lowest BCUT2D eigenvalue weighted by atomic mass is 10.2. The normalized spacial score (nSPS) is 10.8. The van der Waals surface area contributed by atoms with E-state index < -0.39 is 0 Å². The van der Waals surface area contributed by atoms with Gasteiger partial charge in [0, 0.05) is 23.5 Å². The van der Waals surface area contributed by atoms with Gasteiger partial charge in [0.15, 0.2) is 0 Å². The van der Waals surface area contributed by atoms with Gasteiger partial charge in [-0.2, -0.15) is 5.26 Å². The van der Waals surface area contributed by atoms with E-state index in [4.69, 9.17) is 10.00 Å². The Morgan fingerprint density at radius 2 is 2.00 bits per heavy atom. The summed E-state index contributed by atoms with van der Waals surface area (Å²) in [6.45, 7) is 0. The second kappa shape index (κ2) is 5.48. The molecule has 0 fully saturated rings. The second-order valence-corrected chi connectivity index (χ2v) is 6.19. The first kappa shape index (κ1) is 14.4. The van der Waals surface area contributed by atoms with Crippen LogP contribution in [0.4, 0.5) is 0 Å². The molecule has 0 atom stereocenters. The number of thiophene rings is 1. The molecule has 0 aliphatic rings. The molecule has 0 unspecified atom stereocenters. The van der Waals surface area contributed by atoms with E-state index in [0.29, 0.717) is 16.0 Å². The topological polar surface area (TPSA) is 67.9 Å². The fraction of sp³-hybridized carbons (Fsp3) is 0.0556. The smallest absolute Gasteiger partial charge is 0.273 e. The van der Waals surface area contributed by atoms with E-state index in [1.807, 2.05) is 6.07 Å². The first-order valence-corrected chi connectivity index (χ1v) is 8.02. The Labute approximate surface area is 141 Å². The fourth-order valence-electron chi connectivity index (χ4n) is 2.73. The van der Waals surface area contributed by atoms with Crippen molar-refractivity contribution >= 4 is 31.6 Å². The molecule has 0 aliphatic heterocycles. The molecule has 3 heterocycles. The van der Waals surface area contributed by atoms with Crippen LogP contribution in [0.15, 0.2) is 53.6 Å². The molecule has 5 nitrogen and oxygen atoms in total. The van der Waals surface area contributed by atoms with Gasteiger partial charge in [0.25, 0.3) is 5.56 Å².